The molecular formula is C24H28N4O3. The predicted octanol–water partition coefficient (Wildman–Crippen LogP) is 2.64. The van der Waals surface area contributed by atoms with Gasteiger partial charge in [-0.1, -0.05) is 18.2 Å². The van der Waals surface area contributed by atoms with Crippen LogP contribution < -0.4 is 20.5 Å². The molecule has 1 unspecified atom stereocenters. The second-order valence-corrected chi connectivity index (χ2v) is 7.20. The van der Waals surface area contributed by atoms with Gasteiger partial charge in [0.25, 0.3) is 0 Å². The molecule has 1 amide bonds. The Balaban J connectivity index is 1.97. The highest BCUT2D eigenvalue weighted by Crippen LogP contribution is 2.39. The zero-order valence-electron chi connectivity index (χ0n) is 17.9. The van der Waals surface area contributed by atoms with E-state index >= 15 is 0 Å². The van der Waals surface area contributed by atoms with Gasteiger partial charge in [-0.2, -0.15) is 0 Å². The second kappa shape index (κ2) is 10.5. The molecule has 2 heterocycles. The van der Waals surface area contributed by atoms with Crippen LogP contribution >= 0.6 is 0 Å². The largest absolute Gasteiger partial charge is 0.493 e. The number of hydrogen-bond donors (Lipinski definition) is 2. The number of aryl methyl sites for hydroxylation is 1. The Morgan fingerprint density at radius 2 is 1.77 bits per heavy atom. The Labute approximate surface area is 182 Å². The highest BCUT2D eigenvalue weighted by molar-refractivity contribution is 5.87. The summed E-state index contributed by atoms with van der Waals surface area (Å²) >= 11 is 0. The lowest BCUT2D eigenvalue weighted by Crippen LogP contribution is -2.53. The summed E-state index contributed by atoms with van der Waals surface area (Å²) in [7, 11) is 3.13. The van der Waals surface area contributed by atoms with Crippen LogP contribution in [-0.4, -0.2) is 36.6 Å². The summed E-state index contributed by atoms with van der Waals surface area (Å²) < 4.78 is 11.1. The molecular weight excluding hydrogens is 392 g/mol. The van der Waals surface area contributed by atoms with Crippen LogP contribution in [0, 0.1) is 0 Å². The van der Waals surface area contributed by atoms with E-state index in [1.165, 1.54) is 0 Å². The van der Waals surface area contributed by atoms with Crippen LogP contribution in [0.4, 0.5) is 0 Å². The third kappa shape index (κ3) is 5.19. The maximum atomic E-state index is 13.0. The lowest BCUT2D eigenvalue weighted by atomic mass is 9.82. The van der Waals surface area contributed by atoms with Crippen molar-refractivity contribution >= 4 is 5.91 Å². The lowest BCUT2D eigenvalue weighted by Gasteiger charge is -2.34. The Kier molecular flexibility index (Phi) is 7.56. The van der Waals surface area contributed by atoms with E-state index in [1.54, 1.807) is 45.1 Å². The number of nitrogens with zero attached hydrogens (tertiary/aromatic N) is 2. The Morgan fingerprint density at radius 3 is 2.42 bits per heavy atom. The number of para-hydroxylation sites is 1. The summed E-state index contributed by atoms with van der Waals surface area (Å²) in [5, 5.41) is 3.44. The molecule has 2 aromatic heterocycles. The Morgan fingerprint density at radius 1 is 0.968 bits per heavy atom. The summed E-state index contributed by atoms with van der Waals surface area (Å²) in [5.74, 6) is 0.562. The van der Waals surface area contributed by atoms with E-state index in [1.807, 2.05) is 36.4 Å². The average Bonchev–Trinajstić information content (AvgIpc) is 2.82. The van der Waals surface area contributed by atoms with Gasteiger partial charge in [0.2, 0.25) is 5.91 Å². The van der Waals surface area contributed by atoms with Crippen molar-refractivity contribution in [3.8, 4) is 11.5 Å². The van der Waals surface area contributed by atoms with Crippen LogP contribution in [-0.2, 0) is 23.2 Å². The van der Waals surface area contributed by atoms with Gasteiger partial charge in [0.1, 0.15) is 5.54 Å². The van der Waals surface area contributed by atoms with Gasteiger partial charge < -0.3 is 15.2 Å². The molecule has 7 nitrogen and oxygen atoms in total. The zero-order chi connectivity index (χ0) is 22.1. The molecule has 1 aromatic carbocycles. The lowest BCUT2D eigenvalue weighted by molar-refractivity contribution is -0.125. The number of aromatic nitrogens is 2. The SMILES string of the molecule is COc1cccc(C(CCc2cccnc2)(NCCc2ccncc2)C(N)=O)c1OC. The predicted molar refractivity (Wildman–Crippen MR) is 119 cm³/mol. The first-order valence-corrected chi connectivity index (χ1v) is 10.1. The summed E-state index contributed by atoms with van der Waals surface area (Å²) in [5.41, 5.74) is 7.68. The molecule has 0 aliphatic heterocycles. The molecule has 0 radical (unpaired) electrons. The number of hydrogen-bond acceptors (Lipinski definition) is 6. The Hall–Kier alpha value is -3.45. The van der Waals surface area contributed by atoms with Crippen molar-refractivity contribution in [2.75, 3.05) is 20.8 Å². The minimum atomic E-state index is -1.15. The van der Waals surface area contributed by atoms with Gasteiger partial charge in [0.05, 0.1) is 14.2 Å². The van der Waals surface area contributed by atoms with Crippen molar-refractivity contribution in [2.45, 2.75) is 24.8 Å². The van der Waals surface area contributed by atoms with Crippen LogP contribution in [0.25, 0.3) is 0 Å². The van der Waals surface area contributed by atoms with Gasteiger partial charge in [-0.3, -0.25) is 20.1 Å². The van der Waals surface area contributed by atoms with Crippen LogP contribution in [0.3, 0.4) is 0 Å². The summed E-state index contributed by atoms with van der Waals surface area (Å²) in [6, 6.07) is 13.3. The molecule has 31 heavy (non-hydrogen) atoms. The molecule has 3 rings (SSSR count). The molecule has 0 spiro atoms. The van der Waals surface area contributed by atoms with Crippen molar-refractivity contribution in [2.24, 2.45) is 5.73 Å². The molecule has 0 saturated heterocycles. The Bertz CT molecular complexity index is 983. The molecule has 0 aliphatic rings. The minimum absolute atomic E-state index is 0.438. The number of benzene rings is 1. The maximum absolute atomic E-state index is 13.0. The van der Waals surface area contributed by atoms with Crippen molar-refractivity contribution in [1.29, 1.82) is 0 Å². The van der Waals surface area contributed by atoms with Gasteiger partial charge in [0.15, 0.2) is 11.5 Å². The fourth-order valence-electron chi connectivity index (χ4n) is 3.73. The summed E-state index contributed by atoms with van der Waals surface area (Å²) in [6.45, 7) is 0.542. The number of amides is 1. The van der Waals surface area contributed by atoms with Gasteiger partial charge >= 0.3 is 0 Å². The number of pyridine rings is 2. The molecule has 0 saturated carbocycles. The first-order chi connectivity index (χ1) is 15.1. The van der Waals surface area contributed by atoms with Gasteiger partial charge in [0, 0.05) is 36.9 Å². The second-order valence-electron chi connectivity index (χ2n) is 7.20. The zero-order valence-corrected chi connectivity index (χ0v) is 17.9. The molecule has 0 aliphatic carbocycles. The van der Waals surface area contributed by atoms with Crippen molar-refractivity contribution < 1.29 is 14.3 Å². The van der Waals surface area contributed by atoms with E-state index in [-0.39, 0.29) is 0 Å². The molecule has 3 N–H and O–H groups in total. The van der Waals surface area contributed by atoms with E-state index < -0.39 is 11.4 Å². The quantitative estimate of drug-likeness (QED) is 0.495. The van der Waals surface area contributed by atoms with Crippen molar-refractivity contribution in [3.63, 3.8) is 0 Å². The first kappa shape index (κ1) is 22.2. The van der Waals surface area contributed by atoms with E-state index in [0.29, 0.717) is 36.4 Å². The highest BCUT2D eigenvalue weighted by atomic mass is 16.5. The fourth-order valence-corrected chi connectivity index (χ4v) is 3.73. The molecule has 3 aromatic rings. The summed E-state index contributed by atoms with van der Waals surface area (Å²) in [4.78, 5) is 21.2. The topological polar surface area (TPSA) is 99.4 Å². The van der Waals surface area contributed by atoms with E-state index in [4.69, 9.17) is 15.2 Å². The van der Waals surface area contributed by atoms with E-state index in [2.05, 4.69) is 15.3 Å². The number of primary amides is 1. The van der Waals surface area contributed by atoms with Crippen LogP contribution in [0.1, 0.15) is 23.1 Å². The minimum Gasteiger partial charge on any atom is -0.493 e. The molecule has 1 atom stereocenters. The van der Waals surface area contributed by atoms with E-state index in [9.17, 15) is 4.79 Å². The number of carbonyl (C=O) groups excluding carboxylic acids is 1. The number of ether oxygens (including phenoxy) is 2. The number of nitrogens with two attached hydrogens (primary N) is 1. The number of carbonyl (C=O) groups is 1. The number of nitrogens with one attached hydrogen (secondary N) is 1. The smallest absolute Gasteiger partial charge is 0.242 e. The van der Waals surface area contributed by atoms with Crippen molar-refractivity contribution in [1.82, 2.24) is 15.3 Å². The highest BCUT2D eigenvalue weighted by Gasteiger charge is 2.41. The number of rotatable bonds is 11. The van der Waals surface area contributed by atoms with Gasteiger partial charge in [-0.15, -0.1) is 0 Å². The molecule has 0 bridgehead atoms. The normalized spacial score (nSPS) is 12.7. The molecule has 7 heteroatoms. The monoisotopic (exact) mass is 420 g/mol. The van der Waals surface area contributed by atoms with Crippen LogP contribution in [0.5, 0.6) is 11.5 Å². The van der Waals surface area contributed by atoms with Crippen molar-refractivity contribution in [3.05, 3.63) is 83.9 Å². The third-order valence-electron chi connectivity index (χ3n) is 5.38. The fraction of sp³-hybridized carbons (Fsp3) is 0.292. The standard InChI is InChI=1S/C24H28N4O3/c1-30-21-7-3-6-20(22(21)31-2)24(23(25)29,12-8-19-5-4-13-27-17-19)28-16-11-18-9-14-26-15-10-18/h3-7,9-10,13-15,17,28H,8,11-12,16H2,1-2H3,(H2,25,29). The van der Waals surface area contributed by atoms with Crippen LogP contribution in [0.2, 0.25) is 0 Å². The van der Waals surface area contributed by atoms with Crippen LogP contribution in [0.15, 0.2) is 67.3 Å². The third-order valence-corrected chi connectivity index (χ3v) is 5.38. The average molecular weight is 421 g/mol. The van der Waals surface area contributed by atoms with Gasteiger partial charge in [-0.25, -0.2) is 0 Å². The maximum Gasteiger partial charge on any atom is 0.242 e. The number of methoxy groups -OCH3 is 2. The molecule has 0 fully saturated rings. The first-order valence-electron chi connectivity index (χ1n) is 10.1. The van der Waals surface area contributed by atoms with Gasteiger partial charge in [-0.05, 0) is 54.7 Å². The van der Waals surface area contributed by atoms with E-state index in [0.717, 1.165) is 17.5 Å². The summed E-state index contributed by atoms with van der Waals surface area (Å²) in [6.07, 6.45) is 8.80. The molecule has 162 valence electrons.